The number of benzene rings is 1. The standard InChI is InChI=1S/C20H27N3O4S/c1-13(2)10-11-21-28(25,26)19-12-17(7-6-14(19)3)8-9-18-20(22-16(5)24)15(4)23-27-18/h6-9,12-13,21H,10-11H2,1-5H3,(H,22,24)/b9-8-. The van der Waals surface area contributed by atoms with Gasteiger partial charge in [-0.3, -0.25) is 4.79 Å². The Labute approximate surface area is 166 Å². The molecule has 0 bridgehead atoms. The molecule has 0 saturated carbocycles. The Morgan fingerprint density at radius 2 is 1.96 bits per heavy atom. The summed E-state index contributed by atoms with van der Waals surface area (Å²) < 4.78 is 33.1. The van der Waals surface area contributed by atoms with Crippen LogP contribution in [0.2, 0.25) is 0 Å². The molecule has 152 valence electrons. The molecular formula is C20H27N3O4S. The van der Waals surface area contributed by atoms with Crippen molar-refractivity contribution in [1.29, 1.82) is 0 Å². The normalized spacial score (nSPS) is 12.1. The lowest BCUT2D eigenvalue weighted by atomic mass is 10.1. The maximum absolute atomic E-state index is 12.6. The summed E-state index contributed by atoms with van der Waals surface area (Å²) in [7, 11) is -3.59. The van der Waals surface area contributed by atoms with Crippen LogP contribution >= 0.6 is 0 Å². The third kappa shape index (κ3) is 5.77. The molecule has 2 N–H and O–H groups in total. The second kappa shape index (κ2) is 9.16. The van der Waals surface area contributed by atoms with Gasteiger partial charge in [0.05, 0.1) is 4.90 Å². The number of carbonyl (C=O) groups excluding carboxylic acids is 1. The highest BCUT2D eigenvalue weighted by molar-refractivity contribution is 7.89. The summed E-state index contributed by atoms with van der Waals surface area (Å²) in [5.41, 5.74) is 2.43. The number of amides is 1. The minimum absolute atomic E-state index is 0.225. The highest BCUT2D eigenvalue weighted by atomic mass is 32.2. The predicted molar refractivity (Wildman–Crippen MR) is 110 cm³/mol. The molecule has 28 heavy (non-hydrogen) atoms. The summed E-state index contributed by atoms with van der Waals surface area (Å²) in [6.07, 6.45) is 4.14. The molecule has 0 radical (unpaired) electrons. The Kier molecular flexibility index (Phi) is 7.15. The molecule has 0 saturated heterocycles. The fourth-order valence-corrected chi connectivity index (χ4v) is 3.90. The number of hydrogen-bond donors (Lipinski definition) is 2. The van der Waals surface area contributed by atoms with Crippen LogP contribution in [0, 0.1) is 19.8 Å². The number of anilines is 1. The predicted octanol–water partition coefficient (Wildman–Crippen LogP) is 3.74. The summed E-state index contributed by atoms with van der Waals surface area (Å²) in [6.45, 7) is 9.39. The molecular weight excluding hydrogens is 378 g/mol. The molecule has 0 spiro atoms. The molecule has 0 aliphatic rings. The van der Waals surface area contributed by atoms with Gasteiger partial charge in [-0.1, -0.05) is 37.2 Å². The molecule has 1 heterocycles. The van der Waals surface area contributed by atoms with Crippen molar-refractivity contribution in [1.82, 2.24) is 9.88 Å². The third-order valence-corrected chi connectivity index (χ3v) is 5.74. The summed E-state index contributed by atoms with van der Waals surface area (Å²) in [6, 6.07) is 5.20. The van der Waals surface area contributed by atoms with Crippen molar-refractivity contribution in [3.63, 3.8) is 0 Å². The van der Waals surface area contributed by atoms with Crippen LogP contribution in [0.1, 0.15) is 49.8 Å². The number of sulfonamides is 1. The molecule has 2 rings (SSSR count). The van der Waals surface area contributed by atoms with E-state index in [2.05, 4.69) is 15.2 Å². The first-order valence-electron chi connectivity index (χ1n) is 9.12. The number of aromatic nitrogens is 1. The summed E-state index contributed by atoms with van der Waals surface area (Å²) in [5, 5.41) is 6.54. The van der Waals surface area contributed by atoms with Crippen LogP contribution in [-0.2, 0) is 14.8 Å². The first-order chi connectivity index (χ1) is 13.1. The van der Waals surface area contributed by atoms with Crippen molar-refractivity contribution in [3.05, 3.63) is 40.8 Å². The van der Waals surface area contributed by atoms with Crippen LogP contribution in [0.25, 0.3) is 12.2 Å². The van der Waals surface area contributed by atoms with E-state index in [-0.39, 0.29) is 10.8 Å². The van der Waals surface area contributed by atoms with Crippen molar-refractivity contribution >= 4 is 33.8 Å². The van der Waals surface area contributed by atoms with E-state index in [1.807, 2.05) is 19.9 Å². The summed E-state index contributed by atoms with van der Waals surface area (Å²) in [5.74, 6) is 0.589. The van der Waals surface area contributed by atoms with E-state index in [0.717, 1.165) is 6.42 Å². The van der Waals surface area contributed by atoms with Crippen LogP contribution in [0.4, 0.5) is 5.69 Å². The van der Waals surface area contributed by atoms with Gasteiger partial charge in [0.1, 0.15) is 11.4 Å². The van der Waals surface area contributed by atoms with E-state index < -0.39 is 10.0 Å². The number of nitrogens with one attached hydrogen (secondary N) is 2. The fourth-order valence-electron chi connectivity index (χ4n) is 2.57. The maximum atomic E-state index is 12.6. The fraction of sp³-hybridized carbons (Fsp3) is 0.400. The molecule has 1 amide bonds. The Bertz CT molecular complexity index is 975. The van der Waals surface area contributed by atoms with Crippen molar-refractivity contribution in [3.8, 4) is 0 Å². The summed E-state index contributed by atoms with van der Waals surface area (Å²) in [4.78, 5) is 11.6. The van der Waals surface area contributed by atoms with E-state index >= 15 is 0 Å². The SMILES string of the molecule is CC(=O)Nc1c(C)noc1/C=C\c1ccc(C)c(S(=O)(=O)NCCC(C)C)c1. The third-order valence-electron chi connectivity index (χ3n) is 4.13. The van der Waals surface area contributed by atoms with Gasteiger partial charge < -0.3 is 9.84 Å². The maximum Gasteiger partial charge on any atom is 0.240 e. The number of hydrogen-bond acceptors (Lipinski definition) is 5. The van der Waals surface area contributed by atoms with Crippen LogP contribution in [-0.4, -0.2) is 26.0 Å². The van der Waals surface area contributed by atoms with Gasteiger partial charge in [-0.15, -0.1) is 0 Å². The van der Waals surface area contributed by atoms with Gasteiger partial charge in [-0.2, -0.15) is 0 Å². The van der Waals surface area contributed by atoms with Crippen molar-refractivity contribution in [2.75, 3.05) is 11.9 Å². The molecule has 1 aromatic carbocycles. The van der Waals surface area contributed by atoms with E-state index in [1.165, 1.54) is 6.92 Å². The lowest BCUT2D eigenvalue weighted by molar-refractivity contribution is -0.114. The van der Waals surface area contributed by atoms with Gasteiger partial charge in [-0.25, -0.2) is 13.1 Å². The molecule has 0 aliphatic heterocycles. The highest BCUT2D eigenvalue weighted by Gasteiger charge is 2.17. The Morgan fingerprint density at radius 1 is 1.25 bits per heavy atom. The number of nitrogens with zero attached hydrogens (tertiary/aromatic N) is 1. The van der Waals surface area contributed by atoms with Crippen LogP contribution in [0.5, 0.6) is 0 Å². The average molecular weight is 406 g/mol. The highest BCUT2D eigenvalue weighted by Crippen LogP contribution is 2.24. The molecule has 0 atom stereocenters. The van der Waals surface area contributed by atoms with Gasteiger partial charge in [-0.05, 0) is 49.5 Å². The lowest BCUT2D eigenvalue weighted by Gasteiger charge is -2.11. The van der Waals surface area contributed by atoms with Gasteiger partial charge in [0.15, 0.2) is 5.76 Å². The van der Waals surface area contributed by atoms with Crippen molar-refractivity contribution in [2.45, 2.75) is 45.9 Å². The molecule has 0 fully saturated rings. The van der Waals surface area contributed by atoms with E-state index in [4.69, 9.17) is 4.52 Å². The first kappa shape index (κ1) is 21.8. The zero-order valence-corrected chi connectivity index (χ0v) is 17.7. The minimum atomic E-state index is -3.59. The van der Waals surface area contributed by atoms with Gasteiger partial charge in [0.25, 0.3) is 0 Å². The smallest absolute Gasteiger partial charge is 0.240 e. The van der Waals surface area contributed by atoms with E-state index in [0.29, 0.717) is 40.7 Å². The number of rotatable bonds is 8. The molecule has 7 nitrogen and oxygen atoms in total. The van der Waals surface area contributed by atoms with Crippen molar-refractivity contribution in [2.24, 2.45) is 5.92 Å². The molecule has 1 aromatic heterocycles. The Hall–Kier alpha value is -2.45. The monoisotopic (exact) mass is 405 g/mol. The second-order valence-electron chi connectivity index (χ2n) is 7.13. The minimum Gasteiger partial charge on any atom is -0.354 e. The lowest BCUT2D eigenvalue weighted by Crippen LogP contribution is -2.26. The van der Waals surface area contributed by atoms with Crippen LogP contribution in [0.3, 0.4) is 0 Å². The van der Waals surface area contributed by atoms with Gasteiger partial charge in [0.2, 0.25) is 15.9 Å². The summed E-state index contributed by atoms with van der Waals surface area (Å²) >= 11 is 0. The van der Waals surface area contributed by atoms with Gasteiger partial charge in [0, 0.05) is 13.5 Å². The zero-order chi connectivity index (χ0) is 20.9. The Balaban J connectivity index is 2.26. The van der Waals surface area contributed by atoms with Crippen LogP contribution in [0.15, 0.2) is 27.6 Å². The first-order valence-corrected chi connectivity index (χ1v) is 10.6. The molecule has 0 aliphatic carbocycles. The van der Waals surface area contributed by atoms with E-state index in [9.17, 15) is 13.2 Å². The second-order valence-corrected chi connectivity index (χ2v) is 8.86. The molecule has 8 heteroatoms. The Morgan fingerprint density at radius 3 is 2.61 bits per heavy atom. The molecule has 2 aromatic rings. The van der Waals surface area contributed by atoms with Crippen molar-refractivity contribution < 1.29 is 17.7 Å². The zero-order valence-electron chi connectivity index (χ0n) is 16.9. The number of aryl methyl sites for hydroxylation is 2. The quantitative estimate of drug-likeness (QED) is 0.696. The van der Waals surface area contributed by atoms with Gasteiger partial charge >= 0.3 is 0 Å². The topological polar surface area (TPSA) is 101 Å². The molecule has 0 unspecified atom stereocenters. The largest absolute Gasteiger partial charge is 0.354 e. The van der Waals surface area contributed by atoms with E-state index in [1.54, 1.807) is 38.1 Å². The average Bonchev–Trinajstić information content (AvgIpc) is 2.93. The number of carbonyl (C=O) groups is 1. The van der Waals surface area contributed by atoms with Crippen LogP contribution < -0.4 is 10.0 Å².